The summed E-state index contributed by atoms with van der Waals surface area (Å²) in [5, 5.41) is 12.9. The van der Waals surface area contributed by atoms with Crippen molar-refractivity contribution in [3.8, 4) is 6.19 Å². The van der Waals surface area contributed by atoms with E-state index in [1.807, 2.05) is 26.4 Å². The lowest BCUT2D eigenvalue weighted by atomic mass is 10.3. The fraction of sp³-hybridized carbons (Fsp3) is 0.500. The predicted octanol–water partition coefficient (Wildman–Crippen LogP) is -0.0846. The highest BCUT2D eigenvalue weighted by Gasteiger charge is 2.08. The number of nitrogens with two attached hydrogens (primary N) is 1. The van der Waals surface area contributed by atoms with Crippen molar-refractivity contribution in [2.45, 2.75) is 6.92 Å². The third kappa shape index (κ3) is 3.60. The van der Waals surface area contributed by atoms with Crippen molar-refractivity contribution in [3.05, 3.63) is 11.1 Å². The fourth-order valence-electron chi connectivity index (χ4n) is 1.35. The molecule has 0 aliphatic carbocycles. The van der Waals surface area contributed by atoms with Gasteiger partial charge in [-0.3, -0.25) is 10.3 Å². The number of guanidine groups is 1. The average Bonchev–Trinajstić information content (AvgIpc) is 2.72. The van der Waals surface area contributed by atoms with Crippen molar-refractivity contribution in [1.29, 1.82) is 5.26 Å². The maximum atomic E-state index is 8.44. The molecule has 0 amide bonds. The summed E-state index contributed by atoms with van der Waals surface area (Å²) in [6.45, 7) is 3.53. The smallest absolute Gasteiger partial charge is 0.357 e. The summed E-state index contributed by atoms with van der Waals surface area (Å²) in [7, 11) is 3.85. The zero-order chi connectivity index (χ0) is 12.8. The third-order valence-electron chi connectivity index (χ3n) is 2.50. The number of aromatic nitrogens is 1. The van der Waals surface area contributed by atoms with Crippen molar-refractivity contribution in [2.75, 3.05) is 32.1 Å². The molecule has 0 saturated carbocycles. The third-order valence-corrected chi connectivity index (χ3v) is 3.21. The van der Waals surface area contributed by atoms with E-state index in [2.05, 4.69) is 14.6 Å². The number of nitrogens with zero attached hydrogens (tertiary/aromatic N) is 4. The molecule has 1 rings (SSSR count). The van der Waals surface area contributed by atoms with Gasteiger partial charge in [-0.15, -0.1) is 0 Å². The van der Waals surface area contributed by atoms with E-state index in [-0.39, 0.29) is 0 Å². The van der Waals surface area contributed by atoms with Crippen molar-refractivity contribution >= 4 is 23.2 Å². The van der Waals surface area contributed by atoms with Crippen LogP contribution in [0.15, 0.2) is 5.38 Å². The fourth-order valence-corrected chi connectivity index (χ4v) is 2.10. The van der Waals surface area contributed by atoms with Gasteiger partial charge in [0.2, 0.25) is 0 Å². The van der Waals surface area contributed by atoms with Crippen LogP contribution in [-0.4, -0.2) is 42.1 Å². The second-order valence-electron chi connectivity index (χ2n) is 3.75. The number of aryl methyl sites for hydroxylation is 1. The lowest BCUT2D eigenvalue weighted by molar-refractivity contribution is -0.497. The summed E-state index contributed by atoms with van der Waals surface area (Å²) in [5.41, 5.74) is 7.81. The minimum absolute atomic E-state index is 0.362. The number of likely N-dealkylation sites (N-methyl/N-ethyl adjacent to an activating group) is 2. The van der Waals surface area contributed by atoms with Crippen LogP contribution in [0, 0.1) is 18.4 Å². The average molecular weight is 253 g/mol. The van der Waals surface area contributed by atoms with Crippen molar-refractivity contribution in [3.63, 3.8) is 0 Å². The van der Waals surface area contributed by atoms with Crippen molar-refractivity contribution in [1.82, 2.24) is 9.69 Å². The summed E-state index contributed by atoms with van der Waals surface area (Å²) in [5.74, 6) is 0.362. The first kappa shape index (κ1) is 13.3. The molecule has 0 bridgehead atoms. The normalized spacial score (nSPS) is 11.6. The molecule has 0 radical (unpaired) electrons. The Hall–Kier alpha value is -1.81. The van der Waals surface area contributed by atoms with Gasteiger partial charge >= 0.3 is 5.96 Å². The van der Waals surface area contributed by atoms with E-state index >= 15 is 0 Å². The zero-order valence-electron chi connectivity index (χ0n) is 10.3. The van der Waals surface area contributed by atoms with Crippen LogP contribution in [0.25, 0.3) is 0 Å². The Morgan fingerprint density at radius 1 is 1.76 bits per heavy atom. The molecule has 0 atom stereocenters. The Balaban J connectivity index is 2.55. The molecule has 0 aromatic carbocycles. The molecule has 7 heteroatoms. The molecular formula is C10H17N6S+. The maximum absolute atomic E-state index is 8.44. The highest BCUT2D eigenvalue weighted by molar-refractivity contribution is 7.04. The molecule has 6 nitrogen and oxygen atoms in total. The monoisotopic (exact) mass is 253 g/mol. The summed E-state index contributed by atoms with van der Waals surface area (Å²) in [6.07, 6.45) is 1.80. The number of nitriles is 1. The first-order chi connectivity index (χ1) is 8.06. The lowest BCUT2D eigenvalue weighted by Crippen LogP contribution is -2.39. The summed E-state index contributed by atoms with van der Waals surface area (Å²) in [4.78, 5) is 2.12. The van der Waals surface area contributed by atoms with Crippen LogP contribution in [0.3, 0.4) is 0 Å². The molecule has 1 heterocycles. The standard InChI is InChI=1S/C10H16N6S/c1-8-9(6-17-14-8)15(2)4-5-16(3)10(12)13-7-11/h6H,4-5H2,1-3H3,(H2,12,13)/p+1. The van der Waals surface area contributed by atoms with Gasteiger partial charge in [-0.2, -0.15) is 15.0 Å². The molecular weight excluding hydrogens is 236 g/mol. The van der Waals surface area contributed by atoms with Gasteiger partial charge in [-0.05, 0) is 18.5 Å². The minimum atomic E-state index is 0.362. The second kappa shape index (κ2) is 6.06. The molecule has 0 spiro atoms. The molecule has 3 N–H and O–H groups in total. The highest BCUT2D eigenvalue weighted by Crippen LogP contribution is 2.19. The first-order valence-electron chi connectivity index (χ1n) is 5.17. The number of anilines is 1. The summed E-state index contributed by atoms with van der Waals surface area (Å²) in [6, 6.07) is 0. The van der Waals surface area contributed by atoms with Gasteiger partial charge in [0.05, 0.1) is 25.0 Å². The summed E-state index contributed by atoms with van der Waals surface area (Å²) < 4.78 is 6.03. The SMILES string of the molecule is Cc1nscc1N(C)CC[N+](C)=C(N)NC#N. The van der Waals surface area contributed by atoms with E-state index < -0.39 is 0 Å². The second-order valence-corrected chi connectivity index (χ2v) is 4.38. The Morgan fingerprint density at radius 3 is 3.00 bits per heavy atom. The van der Waals surface area contributed by atoms with Crippen molar-refractivity contribution in [2.24, 2.45) is 5.73 Å². The van der Waals surface area contributed by atoms with Gasteiger partial charge in [0.25, 0.3) is 6.19 Å². The van der Waals surface area contributed by atoms with Crippen molar-refractivity contribution < 1.29 is 4.58 Å². The summed E-state index contributed by atoms with van der Waals surface area (Å²) >= 11 is 1.45. The first-order valence-corrected chi connectivity index (χ1v) is 6.00. The van der Waals surface area contributed by atoms with Crippen LogP contribution in [0.4, 0.5) is 5.69 Å². The van der Waals surface area contributed by atoms with Crippen LogP contribution in [0.2, 0.25) is 0 Å². The molecule has 1 aromatic heterocycles. The Kier molecular flexibility index (Phi) is 4.72. The predicted molar refractivity (Wildman–Crippen MR) is 69.1 cm³/mol. The van der Waals surface area contributed by atoms with E-state index in [1.54, 1.807) is 10.8 Å². The van der Waals surface area contributed by atoms with Gasteiger partial charge in [0.1, 0.15) is 0 Å². The van der Waals surface area contributed by atoms with Crippen LogP contribution in [-0.2, 0) is 0 Å². The van der Waals surface area contributed by atoms with Gasteiger partial charge < -0.3 is 4.90 Å². The van der Waals surface area contributed by atoms with Crippen LogP contribution >= 0.6 is 11.5 Å². The van der Waals surface area contributed by atoms with E-state index in [0.717, 1.165) is 24.5 Å². The Morgan fingerprint density at radius 2 is 2.47 bits per heavy atom. The highest BCUT2D eigenvalue weighted by atomic mass is 32.1. The quantitative estimate of drug-likeness (QED) is 0.258. The largest absolute Gasteiger partial charge is 0.369 e. The molecule has 0 fully saturated rings. The van der Waals surface area contributed by atoms with Crippen LogP contribution in [0.1, 0.15) is 5.69 Å². The van der Waals surface area contributed by atoms with Gasteiger partial charge in [-0.1, -0.05) is 0 Å². The Labute approximate surface area is 105 Å². The van der Waals surface area contributed by atoms with E-state index in [0.29, 0.717) is 5.96 Å². The van der Waals surface area contributed by atoms with Crippen LogP contribution < -0.4 is 16.0 Å². The maximum Gasteiger partial charge on any atom is 0.357 e. The molecule has 17 heavy (non-hydrogen) atoms. The molecule has 1 aromatic rings. The van der Waals surface area contributed by atoms with Gasteiger partial charge in [-0.25, -0.2) is 0 Å². The minimum Gasteiger partial charge on any atom is -0.369 e. The number of hydrogen-bond acceptors (Lipinski definition) is 4. The molecule has 0 unspecified atom stereocenters. The molecule has 0 aliphatic rings. The van der Waals surface area contributed by atoms with Crippen LogP contribution in [0.5, 0.6) is 0 Å². The topological polar surface area (TPSA) is 81.0 Å². The number of rotatable bonds is 4. The Bertz CT molecular complexity index is 444. The molecule has 92 valence electrons. The van der Waals surface area contributed by atoms with E-state index in [4.69, 9.17) is 11.0 Å². The van der Waals surface area contributed by atoms with Gasteiger partial charge in [0.15, 0.2) is 0 Å². The van der Waals surface area contributed by atoms with Gasteiger partial charge in [0, 0.05) is 19.0 Å². The molecule has 0 aliphatic heterocycles. The number of hydrogen-bond donors (Lipinski definition) is 2. The molecule has 0 saturated heterocycles. The van der Waals surface area contributed by atoms with E-state index in [9.17, 15) is 0 Å². The van der Waals surface area contributed by atoms with E-state index in [1.165, 1.54) is 11.5 Å². The number of nitrogens with one attached hydrogen (secondary N) is 1. The zero-order valence-corrected chi connectivity index (χ0v) is 11.1. The lowest BCUT2D eigenvalue weighted by Gasteiger charge is -2.18.